The quantitative estimate of drug-likeness (QED) is 0.713. The minimum Gasteiger partial charge on any atom is -0.399 e. The summed E-state index contributed by atoms with van der Waals surface area (Å²) in [6, 6.07) is 5.15. The Labute approximate surface area is 108 Å². The van der Waals surface area contributed by atoms with Crippen LogP contribution in [0, 0.1) is 11.8 Å². The third-order valence-corrected chi connectivity index (χ3v) is 3.69. The van der Waals surface area contributed by atoms with Gasteiger partial charge in [0.05, 0.1) is 5.56 Å². The molecule has 2 atom stereocenters. The molecule has 1 aliphatic rings. The second-order valence-electron chi connectivity index (χ2n) is 5.33. The maximum absolute atomic E-state index is 11.3. The summed E-state index contributed by atoms with van der Waals surface area (Å²) in [5.74, 6) is 1.08. The van der Waals surface area contributed by atoms with E-state index in [1.54, 1.807) is 18.2 Å². The molecule has 1 amide bonds. The van der Waals surface area contributed by atoms with E-state index in [0.717, 1.165) is 18.2 Å². The van der Waals surface area contributed by atoms with Gasteiger partial charge in [0.1, 0.15) is 0 Å². The summed E-state index contributed by atoms with van der Waals surface area (Å²) in [6.07, 6.45) is 3.80. The van der Waals surface area contributed by atoms with Crippen molar-refractivity contribution in [3.8, 4) is 0 Å². The zero-order valence-electron chi connectivity index (χ0n) is 10.8. The van der Waals surface area contributed by atoms with Crippen molar-refractivity contribution < 1.29 is 4.79 Å². The molecule has 1 saturated carbocycles. The summed E-state index contributed by atoms with van der Waals surface area (Å²) in [4.78, 5) is 11.3. The Morgan fingerprint density at radius 3 is 2.83 bits per heavy atom. The number of hydrogen-bond donors (Lipinski definition) is 3. The Kier molecular flexibility index (Phi) is 3.75. The molecule has 18 heavy (non-hydrogen) atoms. The Morgan fingerprint density at radius 2 is 2.22 bits per heavy atom. The second-order valence-corrected chi connectivity index (χ2v) is 5.33. The molecule has 4 heteroatoms. The molecule has 1 aromatic carbocycles. The molecule has 1 fully saturated rings. The fraction of sp³-hybridized carbons (Fsp3) is 0.500. The molecule has 1 aromatic rings. The van der Waals surface area contributed by atoms with Crippen molar-refractivity contribution in [1.82, 2.24) is 0 Å². The Hall–Kier alpha value is -1.71. The van der Waals surface area contributed by atoms with Crippen molar-refractivity contribution in [2.24, 2.45) is 17.6 Å². The molecule has 2 unspecified atom stereocenters. The van der Waals surface area contributed by atoms with Gasteiger partial charge in [-0.3, -0.25) is 4.79 Å². The first kappa shape index (κ1) is 12.7. The predicted molar refractivity (Wildman–Crippen MR) is 74.4 cm³/mol. The van der Waals surface area contributed by atoms with Crippen LogP contribution >= 0.6 is 0 Å². The molecule has 2 rings (SSSR count). The maximum atomic E-state index is 11.3. The molecule has 0 radical (unpaired) electrons. The van der Waals surface area contributed by atoms with E-state index < -0.39 is 5.91 Å². The molecule has 4 nitrogen and oxygen atoms in total. The van der Waals surface area contributed by atoms with E-state index in [1.165, 1.54) is 19.3 Å². The lowest BCUT2D eigenvalue weighted by molar-refractivity contribution is 0.100. The number of carbonyl (C=O) groups is 1. The van der Waals surface area contributed by atoms with E-state index in [1.807, 2.05) is 0 Å². The number of nitrogen functional groups attached to an aromatic ring is 1. The van der Waals surface area contributed by atoms with Crippen LogP contribution in [-0.2, 0) is 0 Å². The smallest absolute Gasteiger partial charge is 0.250 e. The van der Waals surface area contributed by atoms with Crippen LogP contribution in [0.1, 0.15) is 36.5 Å². The largest absolute Gasteiger partial charge is 0.399 e. The van der Waals surface area contributed by atoms with E-state index in [9.17, 15) is 4.79 Å². The minimum atomic E-state index is -0.419. The fourth-order valence-corrected chi connectivity index (χ4v) is 2.69. The van der Waals surface area contributed by atoms with Gasteiger partial charge in [0.15, 0.2) is 0 Å². The summed E-state index contributed by atoms with van der Waals surface area (Å²) in [5.41, 5.74) is 13.0. The van der Waals surface area contributed by atoms with Gasteiger partial charge < -0.3 is 16.8 Å². The van der Waals surface area contributed by atoms with Gasteiger partial charge in [0.2, 0.25) is 0 Å². The number of amides is 1. The number of hydrogen-bond acceptors (Lipinski definition) is 3. The fourth-order valence-electron chi connectivity index (χ4n) is 2.69. The standard InChI is InChI=1S/C14H21N3O/c1-9-2-3-10(6-9)8-17-13-7-11(15)4-5-12(13)14(16)18/h4-5,7,9-10,17H,2-3,6,8,15H2,1H3,(H2,16,18). The lowest BCUT2D eigenvalue weighted by atomic mass is 10.1. The van der Waals surface area contributed by atoms with Gasteiger partial charge in [-0.15, -0.1) is 0 Å². The van der Waals surface area contributed by atoms with Crippen molar-refractivity contribution in [3.05, 3.63) is 23.8 Å². The Balaban J connectivity index is 2.04. The average Bonchev–Trinajstić information content (AvgIpc) is 2.72. The molecule has 1 aliphatic carbocycles. The van der Waals surface area contributed by atoms with Crippen molar-refractivity contribution in [3.63, 3.8) is 0 Å². The number of nitrogens with one attached hydrogen (secondary N) is 1. The molecular formula is C14H21N3O. The van der Waals surface area contributed by atoms with E-state index >= 15 is 0 Å². The first-order chi connectivity index (χ1) is 8.56. The topological polar surface area (TPSA) is 81.1 Å². The first-order valence-electron chi connectivity index (χ1n) is 6.49. The summed E-state index contributed by atoms with van der Waals surface area (Å²) < 4.78 is 0. The third kappa shape index (κ3) is 2.94. The highest BCUT2D eigenvalue weighted by atomic mass is 16.1. The van der Waals surface area contributed by atoms with Crippen molar-refractivity contribution in [2.45, 2.75) is 26.2 Å². The van der Waals surface area contributed by atoms with Gasteiger partial charge in [-0.05, 0) is 42.9 Å². The Bertz CT molecular complexity index is 445. The zero-order chi connectivity index (χ0) is 13.1. The number of benzene rings is 1. The first-order valence-corrected chi connectivity index (χ1v) is 6.49. The van der Waals surface area contributed by atoms with Gasteiger partial charge >= 0.3 is 0 Å². The zero-order valence-corrected chi connectivity index (χ0v) is 10.8. The van der Waals surface area contributed by atoms with Crippen molar-refractivity contribution >= 4 is 17.3 Å². The summed E-state index contributed by atoms with van der Waals surface area (Å²) in [6.45, 7) is 3.17. The van der Waals surface area contributed by atoms with Gasteiger partial charge in [-0.1, -0.05) is 13.3 Å². The van der Waals surface area contributed by atoms with Crippen LogP contribution in [0.4, 0.5) is 11.4 Å². The maximum Gasteiger partial charge on any atom is 0.250 e. The molecule has 0 aromatic heterocycles. The molecule has 0 heterocycles. The minimum absolute atomic E-state index is 0.419. The monoisotopic (exact) mass is 247 g/mol. The Morgan fingerprint density at radius 1 is 1.44 bits per heavy atom. The van der Waals surface area contributed by atoms with Crippen molar-refractivity contribution in [1.29, 1.82) is 0 Å². The third-order valence-electron chi connectivity index (χ3n) is 3.69. The lowest BCUT2D eigenvalue weighted by Crippen LogP contribution is -2.17. The van der Waals surface area contributed by atoms with Crippen LogP contribution in [0.25, 0.3) is 0 Å². The molecule has 5 N–H and O–H groups in total. The van der Waals surface area contributed by atoms with E-state index in [2.05, 4.69) is 12.2 Å². The molecule has 0 saturated heterocycles. The van der Waals surface area contributed by atoms with Gasteiger partial charge in [0, 0.05) is 17.9 Å². The predicted octanol–water partition coefficient (Wildman–Crippen LogP) is 2.22. The molecule has 0 spiro atoms. The normalized spacial score (nSPS) is 22.9. The van der Waals surface area contributed by atoms with Crippen LogP contribution < -0.4 is 16.8 Å². The average molecular weight is 247 g/mol. The van der Waals surface area contributed by atoms with Crippen LogP contribution in [0.2, 0.25) is 0 Å². The van der Waals surface area contributed by atoms with Crippen LogP contribution in [0.5, 0.6) is 0 Å². The van der Waals surface area contributed by atoms with Crippen molar-refractivity contribution in [2.75, 3.05) is 17.6 Å². The summed E-state index contributed by atoms with van der Waals surface area (Å²) in [5, 5.41) is 3.32. The van der Waals surface area contributed by atoms with Gasteiger partial charge in [-0.25, -0.2) is 0 Å². The highest BCUT2D eigenvalue weighted by Gasteiger charge is 2.21. The van der Waals surface area contributed by atoms with E-state index in [4.69, 9.17) is 11.5 Å². The van der Waals surface area contributed by atoms with Crippen LogP contribution in [0.3, 0.4) is 0 Å². The summed E-state index contributed by atoms with van der Waals surface area (Å²) >= 11 is 0. The highest BCUT2D eigenvalue weighted by Crippen LogP contribution is 2.30. The van der Waals surface area contributed by atoms with E-state index in [0.29, 0.717) is 17.2 Å². The number of carbonyl (C=O) groups excluding carboxylic acids is 1. The SMILES string of the molecule is CC1CCC(CNc2cc(N)ccc2C(N)=O)C1. The molecular weight excluding hydrogens is 226 g/mol. The number of nitrogens with two attached hydrogens (primary N) is 2. The highest BCUT2D eigenvalue weighted by molar-refractivity contribution is 5.99. The number of anilines is 2. The van der Waals surface area contributed by atoms with Crippen LogP contribution in [0.15, 0.2) is 18.2 Å². The molecule has 0 aliphatic heterocycles. The number of primary amides is 1. The summed E-state index contributed by atoms with van der Waals surface area (Å²) in [7, 11) is 0. The van der Waals surface area contributed by atoms with Crippen LogP contribution in [-0.4, -0.2) is 12.5 Å². The second kappa shape index (κ2) is 5.29. The number of rotatable bonds is 4. The van der Waals surface area contributed by atoms with Gasteiger partial charge in [-0.2, -0.15) is 0 Å². The van der Waals surface area contributed by atoms with Gasteiger partial charge in [0.25, 0.3) is 5.91 Å². The van der Waals surface area contributed by atoms with E-state index in [-0.39, 0.29) is 0 Å². The molecule has 0 bridgehead atoms. The molecule has 98 valence electrons. The lowest BCUT2D eigenvalue weighted by Gasteiger charge is -2.15.